The first-order valence-corrected chi connectivity index (χ1v) is 13.3. The van der Waals surface area contributed by atoms with Gasteiger partial charge in [-0.1, -0.05) is 77.4 Å². The van der Waals surface area contributed by atoms with Crippen molar-refractivity contribution in [2.24, 2.45) is 0 Å². The maximum Gasteiger partial charge on any atom is 0.230 e. The minimum Gasteiger partial charge on any atom is -0.348 e. The van der Waals surface area contributed by atoms with Gasteiger partial charge >= 0.3 is 0 Å². The van der Waals surface area contributed by atoms with Crippen molar-refractivity contribution in [3.63, 3.8) is 0 Å². The Bertz CT molecular complexity index is 1280. The molecule has 3 aromatic carbocycles. The molecular formula is C25H22Cl2N4OS2. The molecule has 0 aliphatic rings. The van der Waals surface area contributed by atoms with E-state index in [-0.39, 0.29) is 12.5 Å². The van der Waals surface area contributed by atoms with Crippen LogP contribution in [0.1, 0.15) is 17.0 Å². The zero-order valence-corrected chi connectivity index (χ0v) is 21.5. The Morgan fingerprint density at radius 3 is 2.53 bits per heavy atom. The molecule has 0 radical (unpaired) electrons. The summed E-state index contributed by atoms with van der Waals surface area (Å²) in [6.45, 7) is 2.30. The summed E-state index contributed by atoms with van der Waals surface area (Å²) in [4.78, 5) is 13.5. The van der Waals surface area contributed by atoms with Gasteiger partial charge in [-0.25, -0.2) is 0 Å². The van der Waals surface area contributed by atoms with Gasteiger partial charge in [0, 0.05) is 15.7 Å². The van der Waals surface area contributed by atoms with Crippen LogP contribution >= 0.6 is 46.7 Å². The number of thioether (sulfide) groups is 2. The minimum absolute atomic E-state index is 0.0882. The summed E-state index contributed by atoms with van der Waals surface area (Å²) in [6, 6.07) is 23.3. The summed E-state index contributed by atoms with van der Waals surface area (Å²) in [5, 5.41) is 13.4. The van der Waals surface area contributed by atoms with Crippen molar-refractivity contribution >= 4 is 52.6 Å². The Morgan fingerprint density at radius 2 is 1.74 bits per heavy atom. The second kappa shape index (κ2) is 11.8. The number of halogens is 2. The van der Waals surface area contributed by atoms with Gasteiger partial charge in [0.15, 0.2) is 11.0 Å². The molecular weight excluding hydrogens is 507 g/mol. The molecule has 0 spiro atoms. The molecule has 0 aliphatic carbocycles. The Kier molecular flexibility index (Phi) is 8.56. The van der Waals surface area contributed by atoms with E-state index in [1.54, 1.807) is 30.0 Å². The standard InChI is InChI=1S/C25H22Cl2N4OS2/c1-17-7-5-6-8-18(17)15-34-25-30-29-23(31(25)22-13-19(26)11-12-21(22)27)14-28-24(32)16-33-20-9-3-2-4-10-20/h2-13H,14-16H2,1H3,(H,28,32). The second-order valence-corrected chi connectivity index (χ2v) is 10.3. The predicted octanol–water partition coefficient (Wildman–Crippen LogP) is 6.58. The van der Waals surface area contributed by atoms with Crippen molar-refractivity contribution < 1.29 is 4.79 Å². The van der Waals surface area contributed by atoms with Crippen LogP contribution in [0.4, 0.5) is 0 Å². The summed E-state index contributed by atoms with van der Waals surface area (Å²) in [7, 11) is 0. The Morgan fingerprint density at radius 1 is 0.971 bits per heavy atom. The number of hydrogen-bond donors (Lipinski definition) is 1. The number of nitrogens with one attached hydrogen (secondary N) is 1. The molecule has 0 aliphatic heterocycles. The first-order chi connectivity index (χ1) is 16.5. The van der Waals surface area contributed by atoms with Crippen molar-refractivity contribution in [3.05, 3.63) is 99.8 Å². The molecule has 1 amide bonds. The highest BCUT2D eigenvalue weighted by molar-refractivity contribution is 8.00. The number of nitrogens with zero attached hydrogens (tertiary/aromatic N) is 3. The summed E-state index contributed by atoms with van der Waals surface area (Å²) >= 11 is 15.8. The van der Waals surface area contributed by atoms with Gasteiger partial charge in [0.05, 0.1) is 23.0 Å². The Balaban J connectivity index is 1.52. The smallest absolute Gasteiger partial charge is 0.230 e. The van der Waals surface area contributed by atoms with Gasteiger partial charge in [-0.2, -0.15) is 0 Å². The molecule has 34 heavy (non-hydrogen) atoms. The van der Waals surface area contributed by atoms with E-state index in [0.29, 0.717) is 32.5 Å². The van der Waals surface area contributed by atoms with Gasteiger partial charge < -0.3 is 5.32 Å². The van der Waals surface area contributed by atoms with Crippen LogP contribution in [0.15, 0.2) is 82.8 Å². The lowest BCUT2D eigenvalue weighted by molar-refractivity contribution is -0.118. The average molecular weight is 530 g/mol. The van der Waals surface area contributed by atoms with Crippen LogP contribution in [0.2, 0.25) is 10.0 Å². The lowest BCUT2D eigenvalue weighted by atomic mass is 10.1. The molecule has 1 heterocycles. The first kappa shape index (κ1) is 24.7. The van der Waals surface area contributed by atoms with Gasteiger partial charge in [0.2, 0.25) is 5.91 Å². The molecule has 174 valence electrons. The molecule has 5 nitrogen and oxygen atoms in total. The largest absolute Gasteiger partial charge is 0.348 e. The highest BCUT2D eigenvalue weighted by Crippen LogP contribution is 2.31. The summed E-state index contributed by atoms with van der Waals surface area (Å²) in [5.41, 5.74) is 3.10. The fourth-order valence-corrected chi connectivity index (χ4v) is 5.37. The van der Waals surface area contributed by atoms with Crippen molar-refractivity contribution in [2.45, 2.75) is 29.3 Å². The van der Waals surface area contributed by atoms with Crippen LogP contribution in [0.3, 0.4) is 0 Å². The molecule has 0 bridgehead atoms. The van der Waals surface area contributed by atoms with E-state index in [4.69, 9.17) is 23.2 Å². The third-order valence-electron chi connectivity index (χ3n) is 5.02. The van der Waals surface area contributed by atoms with Gasteiger partial charge in [0.25, 0.3) is 0 Å². The topological polar surface area (TPSA) is 59.8 Å². The van der Waals surface area contributed by atoms with E-state index in [2.05, 4.69) is 34.6 Å². The number of amides is 1. The van der Waals surface area contributed by atoms with Crippen LogP contribution in [0, 0.1) is 6.92 Å². The van der Waals surface area contributed by atoms with E-state index in [0.717, 1.165) is 10.6 Å². The van der Waals surface area contributed by atoms with E-state index < -0.39 is 0 Å². The quantitative estimate of drug-likeness (QED) is 0.248. The van der Waals surface area contributed by atoms with E-state index in [9.17, 15) is 4.79 Å². The third-order valence-corrected chi connectivity index (χ3v) is 7.57. The fourth-order valence-electron chi connectivity index (χ4n) is 3.22. The van der Waals surface area contributed by atoms with Crippen LogP contribution in [0.25, 0.3) is 5.69 Å². The number of carbonyl (C=O) groups excluding carboxylic acids is 1. The Labute approximate surface area is 217 Å². The predicted molar refractivity (Wildman–Crippen MR) is 141 cm³/mol. The van der Waals surface area contributed by atoms with E-state index in [1.165, 1.54) is 22.9 Å². The number of hydrogen-bond acceptors (Lipinski definition) is 5. The van der Waals surface area contributed by atoms with Crippen molar-refractivity contribution in [1.29, 1.82) is 0 Å². The molecule has 0 saturated carbocycles. The zero-order valence-electron chi connectivity index (χ0n) is 18.4. The van der Waals surface area contributed by atoms with Crippen molar-refractivity contribution in [2.75, 3.05) is 5.75 Å². The number of aromatic nitrogens is 3. The molecule has 0 unspecified atom stereocenters. The van der Waals surface area contributed by atoms with Gasteiger partial charge in [-0.15, -0.1) is 22.0 Å². The zero-order chi connectivity index (χ0) is 23.9. The number of aryl methyl sites for hydroxylation is 1. The SMILES string of the molecule is Cc1ccccc1CSc1nnc(CNC(=O)CSc2ccccc2)n1-c1cc(Cl)ccc1Cl. The lowest BCUT2D eigenvalue weighted by Crippen LogP contribution is -2.26. The maximum absolute atomic E-state index is 12.5. The normalized spacial score (nSPS) is 10.9. The number of rotatable bonds is 9. The lowest BCUT2D eigenvalue weighted by Gasteiger charge is -2.13. The van der Waals surface area contributed by atoms with Crippen molar-refractivity contribution in [3.8, 4) is 5.69 Å². The third kappa shape index (κ3) is 6.36. The van der Waals surface area contributed by atoms with Crippen LogP contribution in [0.5, 0.6) is 0 Å². The molecule has 1 N–H and O–H groups in total. The summed E-state index contributed by atoms with van der Waals surface area (Å²) in [5.74, 6) is 1.53. The highest BCUT2D eigenvalue weighted by atomic mass is 35.5. The van der Waals surface area contributed by atoms with Crippen LogP contribution in [-0.4, -0.2) is 26.4 Å². The van der Waals surface area contributed by atoms with E-state index >= 15 is 0 Å². The molecule has 0 saturated heterocycles. The van der Waals surface area contributed by atoms with E-state index in [1.807, 2.05) is 47.0 Å². The van der Waals surface area contributed by atoms with Gasteiger partial charge in [-0.3, -0.25) is 9.36 Å². The molecule has 0 fully saturated rings. The maximum atomic E-state index is 12.5. The van der Waals surface area contributed by atoms with Gasteiger partial charge in [-0.05, 0) is 48.4 Å². The van der Waals surface area contributed by atoms with Crippen LogP contribution < -0.4 is 5.32 Å². The summed E-state index contributed by atoms with van der Waals surface area (Å²) in [6.07, 6.45) is 0. The second-order valence-electron chi connectivity index (χ2n) is 7.42. The summed E-state index contributed by atoms with van der Waals surface area (Å²) < 4.78 is 1.86. The Hall–Kier alpha value is -2.45. The van der Waals surface area contributed by atoms with Crippen molar-refractivity contribution in [1.82, 2.24) is 20.1 Å². The van der Waals surface area contributed by atoms with Crippen LogP contribution in [-0.2, 0) is 17.1 Å². The average Bonchev–Trinajstić information content (AvgIpc) is 3.25. The number of carbonyl (C=O) groups is 1. The molecule has 4 rings (SSSR count). The fraction of sp³-hybridized carbons (Fsp3) is 0.160. The van der Waals surface area contributed by atoms with Gasteiger partial charge in [0.1, 0.15) is 0 Å². The number of benzene rings is 3. The monoisotopic (exact) mass is 528 g/mol. The molecule has 9 heteroatoms. The molecule has 0 atom stereocenters. The minimum atomic E-state index is -0.0882. The molecule has 1 aromatic heterocycles. The highest BCUT2D eigenvalue weighted by Gasteiger charge is 2.18. The molecule has 4 aromatic rings. The first-order valence-electron chi connectivity index (χ1n) is 10.5.